The highest BCUT2D eigenvalue weighted by molar-refractivity contribution is 7.89. The third-order valence-corrected chi connectivity index (χ3v) is 8.25. The van der Waals surface area contributed by atoms with Gasteiger partial charge in [0.15, 0.2) is 5.82 Å². The minimum absolute atomic E-state index is 0.0147. The Morgan fingerprint density at radius 2 is 2.03 bits per heavy atom. The van der Waals surface area contributed by atoms with Crippen LogP contribution in [0.5, 0.6) is 0 Å². The molecule has 12 heteroatoms. The number of carbonyl (C=O) groups excluding carboxylic acids is 1. The van der Waals surface area contributed by atoms with Crippen LogP contribution in [0.25, 0.3) is 0 Å². The van der Waals surface area contributed by atoms with E-state index in [1.165, 1.54) is 22.5 Å². The number of rotatable bonds is 7. The highest BCUT2D eigenvalue weighted by atomic mass is 35.5. The van der Waals surface area contributed by atoms with Crippen molar-refractivity contribution in [2.24, 2.45) is 5.10 Å². The summed E-state index contributed by atoms with van der Waals surface area (Å²) in [7, 11) is -2.54. The monoisotopic (exact) mass is 509 g/mol. The number of halogens is 2. The lowest BCUT2D eigenvalue weighted by atomic mass is 9.94. The van der Waals surface area contributed by atoms with Gasteiger partial charge in [-0.05, 0) is 55.2 Å². The Hall–Kier alpha value is -2.60. The van der Waals surface area contributed by atoms with Crippen LogP contribution < -0.4 is 10.3 Å². The highest BCUT2D eigenvalue weighted by Gasteiger charge is 2.43. The van der Waals surface area contributed by atoms with Gasteiger partial charge < -0.3 is 9.64 Å². The molecule has 0 aliphatic carbocycles. The topological polar surface area (TPSA) is 104 Å². The molecule has 1 aromatic heterocycles. The smallest absolute Gasteiger partial charge is 0.248 e. The van der Waals surface area contributed by atoms with Gasteiger partial charge in [0.25, 0.3) is 0 Å². The molecule has 0 radical (unpaired) electrons. The van der Waals surface area contributed by atoms with E-state index in [0.717, 1.165) is 11.1 Å². The summed E-state index contributed by atoms with van der Waals surface area (Å²) in [5, 5.41) is 4.26. The lowest BCUT2D eigenvalue weighted by Crippen LogP contribution is -2.55. The molecule has 2 aromatic rings. The second-order valence-corrected chi connectivity index (χ2v) is 10.5. The van der Waals surface area contributed by atoms with Crippen molar-refractivity contribution in [2.45, 2.75) is 37.6 Å². The first-order valence-electron chi connectivity index (χ1n) is 10.7. The molecule has 4 rings (SSSR count). The second kappa shape index (κ2) is 9.57. The van der Waals surface area contributed by atoms with Gasteiger partial charge in [-0.15, -0.1) is 0 Å². The Morgan fingerprint density at radius 3 is 2.71 bits per heavy atom. The molecule has 1 amide bonds. The summed E-state index contributed by atoms with van der Waals surface area (Å²) in [5.74, 6) is -0.563. The van der Waals surface area contributed by atoms with Gasteiger partial charge in [-0.1, -0.05) is 17.7 Å². The number of pyridine rings is 1. The van der Waals surface area contributed by atoms with E-state index >= 15 is 0 Å². The standard InChI is InChI=1S/C22H25ClFN5O4S/c1-13-4-5-16(24)15(14(13)2)10-18(17-11-21(30)27-26-17)29-12-28(8-9-33-3)22-19(34(29,31)32)6-7-20(23)25-22/h4-7,18H,8-12H2,1-3H3,(H,27,30)/t18-/m0/s1. The molecule has 9 nitrogen and oxygen atoms in total. The third kappa shape index (κ3) is 4.52. The van der Waals surface area contributed by atoms with Crippen LogP contribution in [0.4, 0.5) is 10.2 Å². The number of hydrogen-bond donors (Lipinski definition) is 1. The minimum atomic E-state index is -4.08. The molecule has 0 saturated carbocycles. The Balaban J connectivity index is 1.83. The van der Waals surface area contributed by atoms with Crippen molar-refractivity contribution >= 4 is 39.1 Å². The fourth-order valence-corrected chi connectivity index (χ4v) is 6.03. The summed E-state index contributed by atoms with van der Waals surface area (Å²) in [4.78, 5) is 17.9. The highest BCUT2D eigenvalue weighted by Crippen LogP contribution is 2.35. The minimum Gasteiger partial charge on any atom is -0.383 e. The molecule has 1 atom stereocenters. The molecule has 0 unspecified atom stereocenters. The zero-order chi connectivity index (χ0) is 24.6. The van der Waals surface area contributed by atoms with Crippen molar-refractivity contribution in [1.29, 1.82) is 0 Å². The van der Waals surface area contributed by atoms with E-state index in [2.05, 4.69) is 15.5 Å². The summed E-state index contributed by atoms with van der Waals surface area (Å²) in [6, 6.07) is 4.96. The fraction of sp³-hybridized carbons (Fsp3) is 0.409. The summed E-state index contributed by atoms with van der Waals surface area (Å²) < 4.78 is 48.9. The largest absolute Gasteiger partial charge is 0.383 e. The number of methoxy groups -OCH3 is 1. The van der Waals surface area contributed by atoms with Crippen molar-refractivity contribution in [3.63, 3.8) is 0 Å². The molecule has 182 valence electrons. The van der Waals surface area contributed by atoms with Crippen LogP contribution in [0.2, 0.25) is 5.15 Å². The molecular formula is C22H25ClFN5O4S. The molecular weight excluding hydrogens is 485 g/mol. The number of nitrogens with one attached hydrogen (secondary N) is 1. The molecule has 0 fully saturated rings. The van der Waals surface area contributed by atoms with Gasteiger partial charge >= 0.3 is 0 Å². The summed E-state index contributed by atoms with van der Waals surface area (Å²) >= 11 is 6.06. The van der Waals surface area contributed by atoms with E-state index < -0.39 is 21.9 Å². The van der Waals surface area contributed by atoms with Crippen LogP contribution in [0, 0.1) is 19.7 Å². The van der Waals surface area contributed by atoms with Crippen LogP contribution in [-0.4, -0.2) is 62.3 Å². The van der Waals surface area contributed by atoms with Crippen molar-refractivity contribution < 1.29 is 22.3 Å². The first kappa shape index (κ1) is 24.5. The van der Waals surface area contributed by atoms with Crippen LogP contribution in [-0.2, 0) is 26.0 Å². The number of hydrogen-bond acceptors (Lipinski definition) is 7. The number of anilines is 1. The lowest BCUT2D eigenvalue weighted by Gasteiger charge is -2.40. The van der Waals surface area contributed by atoms with Crippen molar-refractivity contribution in [3.05, 3.63) is 51.9 Å². The van der Waals surface area contributed by atoms with Crippen molar-refractivity contribution in [3.8, 4) is 0 Å². The zero-order valence-electron chi connectivity index (χ0n) is 19.0. The second-order valence-electron chi connectivity index (χ2n) is 8.25. The van der Waals surface area contributed by atoms with Crippen LogP contribution in [0.3, 0.4) is 0 Å². The molecule has 0 bridgehead atoms. The van der Waals surface area contributed by atoms with Crippen LogP contribution in [0.15, 0.2) is 34.3 Å². The van der Waals surface area contributed by atoms with Crippen molar-refractivity contribution in [2.75, 3.05) is 31.8 Å². The van der Waals surface area contributed by atoms with Gasteiger partial charge in [0.2, 0.25) is 15.9 Å². The van der Waals surface area contributed by atoms with Gasteiger partial charge in [0.1, 0.15) is 15.9 Å². The van der Waals surface area contributed by atoms with Gasteiger partial charge in [-0.3, -0.25) is 4.79 Å². The van der Waals surface area contributed by atoms with E-state index in [4.69, 9.17) is 16.3 Å². The Bertz CT molecular complexity index is 1270. The quantitative estimate of drug-likeness (QED) is 0.575. The first-order chi connectivity index (χ1) is 16.1. The summed E-state index contributed by atoms with van der Waals surface area (Å²) in [5.41, 5.74) is 4.69. The fourth-order valence-electron chi connectivity index (χ4n) is 4.16. The number of amides is 1. The molecule has 0 spiro atoms. The lowest BCUT2D eigenvalue weighted by molar-refractivity contribution is -0.119. The number of sulfonamides is 1. The normalized spacial score (nSPS) is 18.4. The van der Waals surface area contributed by atoms with Gasteiger partial charge in [-0.25, -0.2) is 23.2 Å². The number of aromatic nitrogens is 1. The Morgan fingerprint density at radius 1 is 1.26 bits per heavy atom. The van der Waals surface area contributed by atoms with Gasteiger partial charge in [0, 0.05) is 13.7 Å². The first-order valence-corrected chi connectivity index (χ1v) is 12.5. The average Bonchev–Trinajstić information content (AvgIpc) is 3.22. The Kier molecular flexibility index (Phi) is 6.90. The van der Waals surface area contributed by atoms with Crippen molar-refractivity contribution in [1.82, 2.24) is 14.7 Å². The maximum absolute atomic E-state index is 14.9. The number of benzene rings is 1. The molecule has 2 aliphatic rings. The number of aryl methyl sites for hydroxylation is 1. The number of nitrogens with zero attached hydrogens (tertiary/aromatic N) is 4. The molecule has 34 heavy (non-hydrogen) atoms. The van der Waals surface area contributed by atoms with E-state index in [0.29, 0.717) is 24.4 Å². The van der Waals surface area contributed by atoms with Crippen LogP contribution >= 0.6 is 11.6 Å². The Labute approximate surface area is 202 Å². The number of carbonyl (C=O) groups is 1. The molecule has 2 aliphatic heterocycles. The van der Waals surface area contributed by atoms with E-state index in [1.807, 2.05) is 6.92 Å². The predicted octanol–water partition coefficient (Wildman–Crippen LogP) is 2.39. The van der Waals surface area contributed by atoms with E-state index in [-0.39, 0.29) is 41.3 Å². The predicted molar refractivity (Wildman–Crippen MR) is 126 cm³/mol. The molecule has 0 saturated heterocycles. The SMILES string of the molecule is COCCN1CN([C@@H](Cc2c(F)ccc(C)c2C)C2=NNC(=O)C2)S(=O)(=O)c2ccc(Cl)nc21. The van der Waals surface area contributed by atoms with E-state index in [9.17, 15) is 17.6 Å². The van der Waals surface area contributed by atoms with Gasteiger partial charge in [0.05, 0.1) is 31.4 Å². The van der Waals surface area contributed by atoms with Crippen LogP contribution in [0.1, 0.15) is 23.1 Å². The third-order valence-electron chi connectivity index (χ3n) is 6.17. The average molecular weight is 510 g/mol. The molecule has 1 aromatic carbocycles. The number of hydrazone groups is 1. The summed E-state index contributed by atoms with van der Waals surface area (Å²) in [6.45, 7) is 4.23. The zero-order valence-corrected chi connectivity index (χ0v) is 20.6. The van der Waals surface area contributed by atoms with E-state index in [1.54, 1.807) is 25.0 Å². The molecule has 1 N–H and O–H groups in total. The number of fused-ring (bicyclic) bond motifs is 1. The summed E-state index contributed by atoms with van der Waals surface area (Å²) in [6.07, 6.45) is -0.0617. The van der Waals surface area contributed by atoms with Gasteiger partial charge in [-0.2, -0.15) is 9.41 Å². The maximum atomic E-state index is 14.9. The number of ether oxygens (including phenoxy) is 1. The molecule has 3 heterocycles. The maximum Gasteiger partial charge on any atom is 0.248 e.